The van der Waals surface area contributed by atoms with Crippen molar-refractivity contribution in [3.63, 3.8) is 0 Å². The minimum Gasteiger partial charge on any atom is -0.495 e. The van der Waals surface area contributed by atoms with E-state index < -0.39 is 4.92 Å². The molecular formula is C20H22N6O5S. The topological polar surface area (TPSA) is 140 Å². The predicted molar refractivity (Wildman–Crippen MR) is 123 cm³/mol. The van der Waals surface area contributed by atoms with Gasteiger partial charge in [0.05, 0.1) is 40.2 Å². The van der Waals surface area contributed by atoms with Crippen LogP contribution in [0.2, 0.25) is 0 Å². The number of rotatable bonds is 10. The van der Waals surface area contributed by atoms with Crippen LogP contribution in [0.5, 0.6) is 5.75 Å². The number of nitrogens with zero attached hydrogens (tertiary/aromatic N) is 4. The number of carbonyl (C=O) groups is 1. The number of nitro groups is 1. The van der Waals surface area contributed by atoms with Gasteiger partial charge in [0.25, 0.3) is 5.69 Å². The fourth-order valence-corrected chi connectivity index (χ4v) is 3.63. The number of aromatic nitrogens is 1. The first kappa shape index (κ1) is 23.0. The zero-order chi connectivity index (χ0) is 23.1. The van der Waals surface area contributed by atoms with Crippen molar-refractivity contribution >= 4 is 55.3 Å². The zero-order valence-electron chi connectivity index (χ0n) is 17.7. The Morgan fingerprint density at radius 2 is 2.06 bits per heavy atom. The van der Waals surface area contributed by atoms with E-state index in [-0.39, 0.29) is 11.6 Å². The molecule has 1 aromatic heterocycles. The summed E-state index contributed by atoms with van der Waals surface area (Å²) in [6.07, 6.45) is 0. The number of nitro benzene ring substituents is 1. The highest BCUT2D eigenvalue weighted by Gasteiger charge is 2.13. The van der Waals surface area contributed by atoms with Crippen molar-refractivity contribution in [2.45, 2.75) is 13.8 Å². The Morgan fingerprint density at radius 1 is 1.25 bits per heavy atom. The van der Waals surface area contributed by atoms with Gasteiger partial charge in [-0.3, -0.25) is 14.9 Å². The van der Waals surface area contributed by atoms with E-state index in [0.29, 0.717) is 57.9 Å². The molecule has 0 spiro atoms. The number of carbonyl (C=O) groups excluding carboxylic acids is 1. The number of nitrogens with one attached hydrogen (secondary N) is 2. The number of thiazole rings is 1. The van der Waals surface area contributed by atoms with Gasteiger partial charge in [-0.2, -0.15) is 0 Å². The van der Waals surface area contributed by atoms with Crippen molar-refractivity contribution in [2.75, 3.05) is 37.5 Å². The minimum atomic E-state index is -0.462. The van der Waals surface area contributed by atoms with Crippen molar-refractivity contribution in [3.8, 4) is 5.75 Å². The van der Waals surface area contributed by atoms with E-state index in [9.17, 15) is 14.9 Å². The maximum Gasteiger partial charge on any atom is 0.270 e. The van der Waals surface area contributed by atoms with Gasteiger partial charge in [0.2, 0.25) is 11.0 Å². The van der Waals surface area contributed by atoms with Gasteiger partial charge in [0.15, 0.2) is 0 Å². The minimum absolute atomic E-state index is 0.0188. The van der Waals surface area contributed by atoms with E-state index in [4.69, 9.17) is 9.47 Å². The molecule has 3 aromatic rings. The fraction of sp³-hybridized carbons (Fsp3) is 0.300. The van der Waals surface area contributed by atoms with Crippen molar-refractivity contribution in [1.29, 1.82) is 0 Å². The summed E-state index contributed by atoms with van der Waals surface area (Å²) in [6.45, 7) is 5.01. The van der Waals surface area contributed by atoms with Gasteiger partial charge in [-0.1, -0.05) is 11.3 Å². The van der Waals surface area contributed by atoms with Crippen LogP contribution in [0.3, 0.4) is 0 Å². The molecule has 0 unspecified atom stereocenters. The van der Waals surface area contributed by atoms with Gasteiger partial charge in [-0.15, -0.1) is 10.2 Å². The number of hydrogen-bond donors (Lipinski definition) is 2. The van der Waals surface area contributed by atoms with Crippen LogP contribution in [-0.2, 0) is 9.53 Å². The third-order valence-electron chi connectivity index (χ3n) is 4.21. The number of hydrogen-bond acceptors (Lipinski definition) is 10. The van der Waals surface area contributed by atoms with E-state index in [1.54, 1.807) is 18.2 Å². The monoisotopic (exact) mass is 458 g/mol. The summed E-state index contributed by atoms with van der Waals surface area (Å²) in [5, 5.41) is 25.6. The quantitative estimate of drug-likeness (QED) is 0.188. The Morgan fingerprint density at radius 3 is 2.75 bits per heavy atom. The van der Waals surface area contributed by atoms with Crippen molar-refractivity contribution < 1.29 is 19.2 Å². The summed E-state index contributed by atoms with van der Waals surface area (Å²) in [7, 11) is 1.53. The average Bonchev–Trinajstić information content (AvgIpc) is 3.17. The Labute approximate surface area is 187 Å². The van der Waals surface area contributed by atoms with E-state index in [2.05, 4.69) is 25.8 Å². The van der Waals surface area contributed by atoms with Crippen molar-refractivity contribution in [2.24, 2.45) is 10.2 Å². The molecule has 0 fully saturated rings. The number of fused-ring (bicyclic) bond motifs is 1. The van der Waals surface area contributed by atoms with Gasteiger partial charge in [0.1, 0.15) is 11.4 Å². The maximum absolute atomic E-state index is 11.7. The second-order valence-corrected chi connectivity index (χ2v) is 7.49. The Kier molecular flexibility index (Phi) is 7.63. The molecule has 2 aromatic carbocycles. The Bertz CT molecular complexity index is 1160. The van der Waals surface area contributed by atoms with Crippen LogP contribution >= 0.6 is 11.3 Å². The highest BCUT2D eigenvalue weighted by molar-refractivity contribution is 7.21. The molecule has 0 bridgehead atoms. The fourth-order valence-electron chi connectivity index (χ4n) is 2.80. The summed E-state index contributed by atoms with van der Waals surface area (Å²) in [5.41, 5.74) is 2.05. The summed E-state index contributed by atoms with van der Waals surface area (Å²) < 4.78 is 11.4. The lowest BCUT2D eigenvalue weighted by Crippen LogP contribution is -2.11. The van der Waals surface area contributed by atoms with Crippen LogP contribution in [0.1, 0.15) is 13.8 Å². The SMILES string of the molecule is CCOCCNc1cc(NC(C)=O)c(N=Nc2nc3ccc([N+](=O)[O-])cc3s2)cc1OC. The van der Waals surface area contributed by atoms with Crippen LogP contribution in [0.15, 0.2) is 40.6 Å². The third-order valence-corrected chi connectivity index (χ3v) is 5.11. The molecule has 0 aliphatic heterocycles. The zero-order valence-corrected chi connectivity index (χ0v) is 18.6. The molecule has 32 heavy (non-hydrogen) atoms. The maximum atomic E-state index is 11.7. The van der Waals surface area contributed by atoms with E-state index in [1.165, 1.54) is 37.5 Å². The highest BCUT2D eigenvalue weighted by atomic mass is 32.1. The number of anilines is 2. The van der Waals surface area contributed by atoms with Crippen LogP contribution in [-0.4, -0.2) is 42.7 Å². The smallest absolute Gasteiger partial charge is 0.270 e. The molecule has 0 saturated carbocycles. The summed E-state index contributed by atoms with van der Waals surface area (Å²) in [6, 6.07) is 7.76. The molecule has 0 aliphatic carbocycles. The van der Waals surface area contributed by atoms with Crippen molar-refractivity contribution in [1.82, 2.24) is 4.98 Å². The van der Waals surface area contributed by atoms with Gasteiger partial charge >= 0.3 is 0 Å². The normalized spacial score (nSPS) is 11.1. The number of amides is 1. The van der Waals surface area contributed by atoms with Gasteiger partial charge < -0.3 is 20.1 Å². The Balaban J connectivity index is 1.91. The first-order valence-electron chi connectivity index (χ1n) is 9.69. The van der Waals surface area contributed by atoms with E-state index in [0.717, 1.165) is 0 Å². The molecule has 12 heteroatoms. The first-order valence-corrected chi connectivity index (χ1v) is 10.5. The summed E-state index contributed by atoms with van der Waals surface area (Å²) >= 11 is 1.18. The number of ether oxygens (including phenoxy) is 2. The number of azo groups is 1. The van der Waals surface area contributed by atoms with Gasteiger partial charge in [-0.25, -0.2) is 4.98 Å². The molecule has 0 saturated heterocycles. The Hall–Kier alpha value is -3.64. The number of benzene rings is 2. The van der Waals surface area contributed by atoms with E-state index >= 15 is 0 Å². The standard InChI is InChI=1S/C20H22N6O5S/c1-4-31-8-7-21-17-10-15(22-12(2)27)16(11-18(17)30-3)24-25-20-23-14-6-5-13(26(28)29)9-19(14)32-20/h5-6,9-11,21H,4,7-8H2,1-3H3,(H,22,27). The number of methoxy groups -OCH3 is 1. The highest BCUT2D eigenvalue weighted by Crippen LogP contribution is 2.38. The average molecular weight is 459 g/mol. The number of non-ortho nitro benzene ring substituents is 1. The van der Waals surface area contributed by atoms with Crippen LogP contribution in [0, 0.1) is 10.1 Å². The van der Waals surface area contributed by atoms with Crippen LogP contribution in [0.25, 0.3) is 10.2 Å². The second kappa shape index (κ2) is 10.6. The first-order chi connectivity index (χ1) is 15.4. The molecule has 11 nitrogen and oxygen atoms in total. The molecule has 168 valence electrons. The molecule has 0 radical (unpaired) electrons. The van der Waals surface area contributed by atoms with Gasteiger partial charge in [0, 0.05) is 38.3 Å². The molecule has 1 heterocycles. The molecule has 0 aliphatic rings. The third kappa shape index (κ3) is 5.74. The van der Waals surface area contributed by atoms with Gasteiger partial charge in [-0.05, 0) is 19.1 Å². The van der Waals surface area contributed by atoms with Crippen LogP contribution in [0.4, 0.5) is 27.9 Å². The van der Waals surface area contributed by atoms with Crippen molar-refractivity contribution in [3.05, 3.63) is 40.4 Å². The second-order valence-electron chi connectivity index (χ2n) is 6.48. The molecular weight excluding hydrogens is 436 g/mol. The van der Waals surface area contributed by atoms with Crippen LogP contribution < -0.4 is 15.4 Å². The molecule has 2 N–H and O–H groups in total. The summed E-state index contributed by atoms with van der Waals surface area (Å²) in [4.78, 5) is 26.5. The summed E-state index contributed by atoms with van der Waals surface area (Å²) in [5.74, 6) is 0.253. The lowest BCUT2D eigenvalue weighted by atomic mass is 10.2. The lowest BCUT2D eigenvalue weighted by Gasteiger charge is -2.15. The van der Waals surface area contributed by atoms with E-state index in [1.807, 2.05) is 6.92 Å². The largest absolute Gasteiger partial charge is 0.495 e. The predicted octanol–water partition coefficient (Wildman–Crippen LogP) is 5.04. The lowest BCUT2D eigenvalue weighted by molar-refractivity contribution is -0.384. The molecule has 3 rings (SSSR count). The molecule has 0 atom stereocenters. The molecule has 1 amide bonds.